The van der Waals surface area contributed by atoms with Crippen LogP contribution >= 0.6 is 0 Å². The molecular formula is C14H16F2N2O. The van der Waals surface area contributed by atoms with Crippen LogP contribution in [-0.4, -0.2) is 9.55 Å². The third kappa shape index (κ3) is 2.64. The highest BCUT2D eigenvalue weighted by Crippen LogP contribution is 2.15. The molecule has 102 valence electrons. The normalized spacial score (nSPS) is 13.2. The van der Waals surface area contributed by atoms with Gasteiger partial charge in [-0.05, 0) is 17.9 Å². The first-order valence-corrected chi connectivity index (χ1v) is 6.24. The van der Waals surface area contributed by atoms with E-state index in [0.29, 0.717) is 18.4 Å². The second-order valence-electron chi connectivity index (χ2n) is 5.21. The summed E-state index contributed by atoms with van der Waals surface area (Å²) in [5.41, 5.74) is -0.159. The van der Waals surface area contributed by atoms with Crippen LogP contribution < -0.4 is 5.56 Å². The lowest BCUT2D eigenvalue weighted by atomic mass is 9.98. The number of nitrogens with zero attached hydrogens (tertiary/aromatic N) is 2. The summed E-state index contributed by atoms with van der Waals surface area (Å²) in [5, 5.41) is 0.109. The molecule has 1 heterocycles. The second kappa shape index (κ2) is 5.07. The number of rotatable bonds is 3. The molecule has 0 radical (unpaired) electrons. The Kier molecular flexibility index (Phi) is 3.64. The molecule has 1 unspecified atom stereocenters. The Morgan fingerprint density at radius 2 is 1.84 bits per heavy atom. The monoisotopic (exact) mass is 266 g/mol. The Labute approximate surface area is 109 Å². The average Bonchev–Trinajstić information content (AvgIpc) is 2.35. The predicted octanol–water partition coefficient (Wildman–Crippen LogP) is 2.97. The first-order chi connectivity index (χ1) is 8.90. The highest BCUT2D eigenvalue weighted by Gasteiger charge is 2.13. The van der Waals surface area contributed by atoms with E-state index in [1.54, 1.807) is 0 Å². The third-order valence-corrected chi connectivity index (χ3v) is 3.49. The molecule has 1 aromatic heterocycles. The Bertz CT molecular complexity index is 664. The fourth-order valence-electron chi connectivity index (χ4n) is 1.80. The summed E-state index contributed by atoms with van der Waals surface area (Å²) in [6, 6.07) is 1.86. The van der Waals surface area contributed by atoms with Gasteiger partial charge in [-0.25, -0.2) is 13.8 Å². The maximum Gasteiger partial charge on any atom is 0.261 e. The minimum atomic E-state index is -1.03. The topological polar surface area (TPSA) is 34.9 Å². The van der Waals surface area contributed by atoms with Crippen LogP contribution in [0.3, 0.4) is 0 Å². The number of hydrogen-bond donors (Lipinski definition) is 0. The quantitative estimate of drug-likeness (QED) is 0.856. The number of halogens is 2. The molecule has 0 bridgehead atoms. The number of fused-ring (bicyclic) bond motifs is 1. The highest BCUT2D eigenvalue weighted by molar-refractivity contribution is 5.77. The molecule has 19 heavy (non-hydrogen) atoms. The summed E-state index contributed by atoms with van der Waals surface area (Å²) >= 11 is 0. The van der Waals surface area contributed by atoms with Crippen LogP contribution in [0.4, 0.5) is 8.78 Å². The van der Waals surface area contributed by atoms with Gasteiger partial charge >= 0.3 is 0 Å². The van der Waals surface area contributed by atoms with Gasteiger partial charge in [-0.3, -0.25) is 9.36 Å². The summed E-state index contributed by atoms with van der Waals surface area (Å²) in [6.07, 6.45) is 1.39. The summed E-state index contributed by atoms with van der Waals surface area (Å²) in [6.45, 7) is 6.68. The molecule has 0 aliphatic heterocycles. The van der Waals surface area contributed by atoms with Crippen molar-refractivity contribution >= 4 is 10.9 Å². The van der Waals surface area contributed by atoms with Crippen LogP contribution in [0, 0.1) is 23.5 Å². The van der Waals surface area contributed by atoms with E-state index in [1.807, 2.05) is 6.92 Å². The third-order valence-electron chi connectivity index (χ3n) is 3.49. The molecule has 0 N–H and O–H groups in total. The minimum absolute atomic E-state index is 0.109. The zero-order chi connectivity index (χ0) is 14.2. The van der Waals surface area contributed by atoms with E-state index in [-0.39, 0.29) is 16.5 Å². The fourth-order valence-corrected chi connectivity index (χ4v) is 1.80. The Morgan fingerprint density at radius 1 is 1.21 bits per heavy atom. The molecule has 5 heteroatoms. The van der Waals surface area contributed by atoms with Crippen molar-refractivity contribution in [1.82, 2.24) is 9.55 Å². The van der Waals surface area contributed by atoms with Gasteiger partial charge in [0.15, 0.2) is 11.6 Å². The molecule has 0 aliphatic carbocycles. The number of aromatic nitrogens is 2. The molecule has 2 aromatic rings. The van der Waals surface area contributed by atoms with Crippen LogP contribution in [0.15, 0.2) is 23.3 Å². The van der Waals surface area contributed by atoms with Crippen molar-refractivity contribution in [1.29, 1.82) is 0 Å². The van der Waals surface area contributed by atoms with Crippen molar-refractivity contribution in [2.75, 3.05) is 0 Å². The SMILES string of the molecule is CC(C)C(C)Cn1cnc2cc(F)c(F)cc2c1=O. The molecular weight excluding hydrogens is 250 g/mol. The van der Waals surface area contributed by atoms with Gasteiger partial charge in [-0.2, -0.15) is 0 Å². The molecule has 2 rings (SSSR count). The second-order valence-corrected chi connectivity index (χ2v) is 5.21. The van der Waals surface area contributed by atoms with E-state index < -0.39 is 11.6 Å². The first kappa shape index (κ1) is 13.6. The average molecular weight is 266 g/mol. The summed E-state index contributed by atoms with van der Waals surface area (Å²) in [4.78, 5) is 16.2. The van der Waals surface area contributed by atoms with Gasteiger partial charge in [0, 0.05) is 12.6 Å². The largest absolute Gasteiger partial charge is 0.298 e. The Morgan fingerprint density at radius 3 is 2.47 bits per heavy atom. The van der Waals surface area contributed by atoms with Gasteiger partial charge in [0.1, 0.15) is 0 Å². The highest BCUT2D eigenvalue weighted by atomic mass is 19.2. The lowest BCUT2D eigenvalue weighted by Crippen LogP contribution is -2.25. The fraction of sp³-hybridized carbons (Fsp3) is 0.429. The van der Waals surface area contributed by atoms with Crippen LogP contribution in [0.2, 0.25) is 0 Å². The predicted molar refractivity (Wildman–Crippen MR) is 69.9 cm³/mol. The summed E-state index contributed by atoms with van der Waals surface area (Å²) < 4.78 is 27.7. The Balaban J connectivity index is 2.52. The van der Waals surface area contributed by atoms with Crippen molar-refractivity contribution < 1.29 is 8.78 Å². The lowest BCUT2D eigenvalue weighted by Gasteiger charge is -2.16. The smallest absolute Gasteiger partial charge is 0.261 e. The van der Waals surface area contributed by atoms with E-state index >= 15 is 0 Å². The van der Waals surface area contributed by atoms with Crippen LogP contribution in [0.1, 0.15) is 20.8 Å². The molecule has 1 aromatic carbocycles. The van der Waals surface area contributed by atoms with Crippen molar-refractivity contribution in [3.63, 3.8) is 0 Å². The van der Waals surface area contributed by atoms with Crippen molar-refractivity contribution in [3.8, 4) is 0 Å². The molecule has 0 saturated carbocycles. The molecule has 0 spiro atoms. The van der Waals surface area contributed by atoms with E-state index in [1.165, 1.54) is 10.9 Å². The zero-order valence-corrected chi connectivity index (χ0v) is 11.2. The van der Waals surface area contributed by atoms with E-state index in [4.69, 9.17) is 0 Å². The maximum atomic E-state index is 13.2. The first-order valence-electron chi connectivity index (χ1n) is 6.24. The standard InChI is InChI=1S/C14H16F2N2O/c1-8(2)9(3)6-18-7-17-13-5-12(16)11(15)4-10(13)14(18)19/h4-5,7-9H,6H2,1-3H3. The van der Waals surface area contributed by atoms with Crippen molar-refractivity contribution in [3.05, 3.63) is 40.4 Å². The summed E-state index contributed by atoms with van der Waals surface area (Å²) in [7, 11) is 0. The lowest BCUT2D eigenvalue weighted by molar-refractivity contribution is 0.359. The van der Waals surface area contributed by atoms with Crippen LogP contribution in [-0.2, 0) is 6.54 Å². The minimum Gasteiger partial charge on any atom is -0.298 e. The zero-order valence-electron chi connectivity index (χ0n) is 11.2. The van der Waals surface area contributed by atoms with Crippen molar-refractivity contribution in [2.45, 2.75) is 27.3 Å². The van der Waals surface area contributed by atoms with Gasteiger partial charge in [0.25, 0.3) is 5.56 Å². The molecule has 0 amide bonds. The van der Waals surface area contributed by atoms with E-state index in [0.717, 1.165) is 12.1 Å². The van der Waals surface area contributed by atoms with Crippen molar-refractivity contribution in [2.24, 2.45) is 11.8 Å². The van der Waals surface area contributed by atoms with Gasteiger partial charge in [-0.15, -0.1) is 0 Å². The molecule has 0 saturated heterocycles. The van der Waals surface area contributed by atoms with Gasteiger partial charge < -0.3 is 0 Å². The molecule has 0 aliphatic rings. The Hall–Kier alpha value is -1.78. The summed E-state index contributed by atoms with van der Waals surface area (Å²) in [5.74, 6) is -1.30. The number of benzene rings is 1. The van der Waals surface area contributed by atoms with E-state index in [2.05, 4.69) is 18.8 Å². The van der Waals surface area contributed by atoms with Gasteiger partial charge in [0.05, 0.1) is 17.2 Å². The van der Waals surface area contributed by atoms with Crippen LogP contribution in [0.25, 0.3) is 10.9 Å². The molecule has 3 nitrogen and oxygen atoms in total. The van der Waals surface area contributed by atoms with E-state index in [9.17, 15) is 13.6 Å². The molecule has 0 fully saturated rings. The maximum absolute atomic E-state index is 13.2. The van der Waals surface area contributed by atoms with Gasteiger partial charge in [-0.1, -0.05) is 20.8 Å². The van der Waals surface area contributed by atoms with Crippen LogP contribution in [0.5, 0.6) is 0 Å². The van der Waals surface area contributed by atoms with Gasteiger partial charge in [0.2, 0.25) is 0 Å². The number of hydrogen-bond acceptors (Lipinski definition) is 2. The molecule has 1 atom stereocenters.